The molecule has 2 aromatic rings. The molecule has 1 fully saturated rings. The summed E-state index contributed by atoms with van der Waals surface area (Å²) in [6.07, 6.45) is 0. The number of nitrogens with one attached hydrogen (secondary N) is 1. The maximum atomic E-state index is 12.9. The van der Waals surface area contributed by atoms with Crippen LogP contribution in [-0.4, -0.2) is 77.0 Å². The first kappa shape index (κ1) is 23.1. The molecule has 168 valence electrons. The van der Waals surface area contributed by atoms with Crippen molar-refractivity contribution in [3.8, 4) is 0 Å². The average molecular weight is 448 g/mol. The van der Waals surface area contributed by atoms with E-state index < -0.39 is 20.6 Å². The molecule has 0 aliphatic carbocycles. The Morgan fingerprint density at radius 1 is 1.06 bits per heavy atom. The Hall–Kier alpha value is -2.53. The number of benzene rings is 2. The minimum atomic E-state index is -4.05. The molecule has 1 unspecified atom stereocenters. The summed E-state index contributed by atoms with van der Waals surface area (Å²) in [5.41, 5.74) is 1.63. The van der Waals surface area contributed by atoms with Crippen LogP contribution in [0, 0.1) is 10.1 Å². The van der Waals surface area contributed by atoms with Crippen molar-refractivity contribution in [2.45, 2.75) is 10.9 Å². The number of anilines is 1. The zero-order valence-electron chi connectivity index (χ0n) is 18.1. The van der Waals surface area contributed by atoms with Gasteiger partial charge in [0.05, 0.1) is 4.92 Å². The summed E-state index contributed by atoms with van der Waals surface area (Å²) < 4.78 is 28.5. The second-order valence-electron chi connectivity index (χ2n) is 7.92. The van der Waals surface area contributed by atoms with Crippen LogP contribution in [-0.2, 0) is 10.0 Å². The van der Waals surface area contributed by atoms with Crippen molar-refractivity contribution in [3.63, 3.8) is 0 Å². The quantitative estimate of drug-likeness (QED) is 0.488. The van der Waals surface area contributed by atoms with Crippen LogP contribution >= 0.6 is 0 Å². The normalized spacial score (nSPS) is 16.7. The zero-order chi connectivity index (χ0) is 22.6. The Labute approximate surface area is 183 Å². The van der Waals surface area contributed by atoms with Crippen molar-refractivity contribution in [1.29, 1.82) is 0 Å². The lowest BCUT2D eigenvalue weighted by Crippen LogP contribution is -2.48. The summed E-state index contributed by atoms with van der Waals surface area (Å²) in [4.78, 5) is 16.8. The number of nitro groups is 1. The number of likely N-dealkylation sites (N-methyl/N-ethyl adjacent to an activating group) is 1. The summed E-state index contributed by atoms with van der Waals surface area (Å²) in [5, 5.41) is 11.3. The molecule has 0 radical (unpaired) electrons. The van der Waals surface area contributed by atoms with Crippen molar-refractivity contribution in [1.82, 2.24) is 14.5 Å². The maximum Gasteiger partial charge on any atom is 0.289 e. The molecule has 9 nitrogen and oxygen atoms in total. The molecule has 0 amide bonds. The number of piperazine rings is 1. The van der Waals surface area contributed by atoms with Gasteiger partial charge < -0.3 is 9.80 Å². The lowest BCUT2D eigenvalue weighted by atomic mass is 10.0. The molecule has 1 N–H and O–H groups in total. The fourth-order valence-corrected chi connectivity index (χ4v) is 4.90. The summed E-state index contributed by atoms with van der Waals surface area (Å²) in [5.74, 6) is 0. The van der Waals surface area contributed by atoms with Gasteiger partial charge in [0.2, 0.25) is 10.0 Å². The topological polar surface area (TPSA) is 99.0 Å². The smallest absolute Gasteiger partial charge is 0.289 e. The Morgan fingerprint density at radius 3 is 2.26 bits per heavy atom. The van der Waals surface area contributed by atoms with E-state index in [1.165, 1.54) is 24.3 Å². The van der Waals surface area contributed by atoms with E-state index in [9.17, 15) is 18.5 Å². The van der Waals surface area contributed by atoms with Gasteiger partial charge in [0.15, 0.2) is 4.90 Å². The third kappa shape index (κ3) is 5.59. The van der Waals surface area contributed by atoms with Gasteiger partial charge in [-0.05, 0) is 30.8 Å². The number of hydrogen-bond donors (Lipinski definition) is 1. The molecule has 2 aromatic carbocycles. The summed E-state index contributed by atoms with van der Waals surface area (Å²) >= 11 is 0. The second kappa shape index (κ2) is 9.73. The van der Waals surface area contributed by atoms with Gasteiger partial charge in [-0.3, -0.25) is 15.0 Å². The summed E-state index contributed by atoms with van der Waals surface area (Å²) in [6.45, 7) is 3.53. The Balaban J connectivity index is 1.85. The molecule has 1 aliphatic heterocycles. The van der Waals surface area contributed by atoms with Crippen LogP contribution < -0.4 is 9.62 Å². The third-order valence-corrected chi connectivity index (χ3v) is 7.06. The number of para-hydroxylation sites is 1. The van der Waals surface area contributed by atoms with Crippen LogP contribution in [0.2, 0.25) is 0 Å². The molecule has 3 rings (SSSR count). The Kier molecular flexibility index (Phi) is 7.26. The van der Waals surface area contributed by atoms with Crippen molar-refractivity contribution in [2.24, 2.45) is 0 Å². The third-order valence-electron chi connectivity index (χ3n) is 5.59. The Bertz CT molecular complexity index is 1000. The predicted octanol–water partition coefficient (Wildman–Crippen LogP) is 1.93. The number of nitro benzene ring substituents is 1. The molecule has 1 saturated heterocycles. The fourth-order valence-electron chi connectivity index (χ4n) is 3.69. The number of hydrogen-bond acceptors (Lipinski definition) is 7. The highest BCUT2D eigenvalue weighted by molar-refractivity contribution is 7.89. The van der Waals surface area contributed by atoms with Crippen LogP contribution in [0.4, 0.5) is 11.4 Å². The average Bonchev–Trinajstić information content (AvgIpc) is 2.75. The molecule has 0 bridgehead atoms. The molecule has 0 aromatic heterocycles. The van der Waals surface area contributed by atoms with Crippen LogP contribution in [0.3, 0.4) is 0 Å². The minimum Gasteiger partial charge on any atom is -0.378 e. The van der Waals surface area contributed by atoms with E-state index in [0.717, 1.165) is 37.4 Å². The molecular weight excluding hydrogens is 418 g/mol. The van der Waals surface area contributed by atoms with Crippen LogP contribution in [0.5, 0.6) is 0 Å². The van der Waals surface area contributed by atoms with Crippen molar-refractivity contribution in [3.05, 3.63) is 64.2 Å². The highest BCUT2D eigenvalue weighted by atomic mass is 32.2. The molecule has 0 spiro atoms. The first-order chi connectivity index (χ1) is 14.7. The second-order valence-corrected chi connectivity index (χ2v) is 9.65. The lowest BCUT2D eigenvalue weighted by Gasteiger charge is -2.38. The van der Waals surface area contributed by atoms with Gasteiger partial charge in [-0.2, -0.15) is 0 Å². The Morgan fingerprint density at radius 2 is 1.68 bits per heavy atom. The van der Waals surface area contributed by atoms with Crippen LogP contribution in [0.15, 0.2) is 53.4 Å². The highest BCUT2D eigenvalue weighted by Crippen LogP contribution is 2.26. The molecule has 1 heterocycles. The van der Waals surface area contributed by atoms with Crippen LogP contribution in [0.1, 0.15) is 11.6 Å². The maximum absolute atomic E-state index is 12.9. The largest absolute Gasteiger partial charge is 0.378 e. The van der Waals surface area contributed by atoms with Crippen molar-refractivity contribution >= 4 is 21.4 Å². The molecule has 0 saturated carbocycles. The predicted molar refractivity (Wildman–Crippen MR) is 121 cm³/mol. The molecule has 10 heteroatoms. The van der Waals surface area contributed by atoms with E-state index in [4.69, 9.17) is 0 Å². The van der Waals surface area contributed by atoms with Crippen molar-refractivity contribution < 1.29 is 13.3 Å². The van der Waals surface area contributed by atoms with E-state index in [-0.39, 0.29) is 17.5 Å². The summed E-state index contributed by atoms with van der Waals surface area (Å²) in [6, 6.07) is 13.3. The minimum absolute atomic E-state index is 0.124. The number of rotatable bonds is 8. The first-order valence-corrected chi connectivity index (χ1v) is 11.6. The standard InChI is InChI=1S/C21H29N5O4S/c1-23(2)18-10-8-17(9-11-18)20(25-14-12-24(3)13-15-25)16-22-31(29,30)21-7-5-4-6-19(21)26(27)28/h4-11,20,22H,12-16H2,1-3H3. The lowest BCUT2D eigenvalue weighted by molar-refractivity contribution is -0.387. The fraction of sp³-hybridized carbons (Fsp3) is 0.429. The van der Waals surface area contributed by atoms with Gasteiger partial charge in [-0.1, -0.05) is 24.3 Å². The van der Waals surface area contributed by atoms with E-state index >= 15 is 0 Å². The molecular formula is C21H29N5O4S. The van der Waals surface area contributed by atoms with Gasteiger partial charge in [0, 0.05) is 64.6 Å². The molecule has 1 atom stereocenters. The molecule has 31 heavy (non-hydrogen) atoms. The highest BCUT2D eigenvalue weighted by Gasteiger charge is 2.29. The van der Waals surface area contributed by atoms with E-state index in [0.29, 0.717) is 0 Å². The van der Waals surface area contributed by atoms with Crippen LogP contribution in [0.25, 0.3) is 0 Å². The summed E-state index contributed by atoms with van der Waals surface area (Å²) in [7, 11) is 1.95. The van der Waals surface area contributed by atoms with E-state index in [1.54, 1.807) is 0 Å². The zero-order valence-corrected chi connectivity index (χ0v) is 18.9. The van der Waals surface area contributed by atoms with E-state index in [1.807, 2.05) is 43.3 Å². The SMILES string of the molecule is CN1CCN(C(CNS(=O)(=O)c2ccccc2[N+](=O)[O-])c2ccc(N(C)C)cc2)CC1. The van der Waals surface area contributed by atoms with Crippen molar-refractivity contribution in [2.75, 3.05) is 58.8 Å². The number of nitrogens with zero attached hydrogens (tertiary/aromatic N) is 4. The van der Waals surface area contributed by atoms with Gasteiger partial charge in [0.1, 0.15) is 0 Å². The van der Waals surface area contributed by atoms with E-state index in [2.05, 4.69) is 21.6 Å². The van der Waals surface area contributed by atoms with Gasteiger partial charge in [-0.25, -0.2) is 13.1 Å². The van der Waals surface area contributed by atoms with Gasteiger partial charge in [-0.15, -0.1) is 0 Å². The van der Waals surface area contributed by atoms with Gasteiger partial charge in [0.25, 0.3) is 5.69 Å². The molecule has 1 aliphatic rings. The number of sulfonamides is 1. The first-order valence-electron chi connectivity index (χ1n) is 10.1. The van der Waals surface area contributed by atoms with Gasteiger partial charge >= 0.3 is 0 Å². The monoisotopic (exact) mass is 447 g/mol.